The summed E-state index contributed by atoms with van der Waals surface area (Å²) in [6.45, 7) is 7.63. The number of nitrogens with zero attached hydrogens (tertiary/aromatic N) is 2. The maximum atomic E-state index is 11.9. The van der Waals surface area contributed by atoms with Crippen LogP contribution in [0.4, 0.5) is 4.79 Å². The Hall–Kier alpha value is -1.03. The number of amides is 1. The van der Waals surface area contributed by atoms with Gasteiger partial charge in [-0.2, -0.15) is 0 Å². The monoisotopic (exact) mass is 452 g/mol. The number of guanidine groups is 1. The van der Waals surface area contributed by atoms with E-state index in [1.54, 1.807) is 23.3 Å². The molecule has 1 aliphatic heterocycles. The first-order valence-electron chi connectivity index (χ1n) is 7.35. The van der Waals surface area contributed by atoms with Gasteiger partial charge >= 0.3 is 6.09 Å². The van der Waals surface area contributed by atoms with Gasteiger partial charge in [-0.1, -0.05) is 6.07 Å². The van der Waals surface area contributed by atoms with Crippen LogP contribution in [0.15, 0.2) is 22.5 Å². The second kappa shape index (κ2) is 8.72. The zero-order chi connectivity index (χ0) is 16.2. The third kappa shape index (κ3) is 6.54. The van der Waals surface area contributed by atoms with Crippen LogP contribution < -0.4 is 10.6 Å². The van der Waals surface area contributed by atoms with Crippen LogP contribution in [0.5, 0.6) is 0 Å². The molecule has 0 bridgehead atoms. The molecule has 2 rings (SSSR count). The van der Waals surface area contributed by atoms with Crippen molar-refractivity contribution in [2.24, 2.45) is 4.99 Å². The van der Waals surface area contributed by atoms with Crippen LogP contribution in [0.1, 0.15) is 25.6 Å². The summed E-state index contributed by atoms with van der Waals surface area (Å²) in [7, 11) is 1.74. The van der Waals surface area contributed by atoms with E-state index >= 15 is 0 Å². The normalized spacial score (nSPS) is 15.5. The lowest BCUT2D eigenvalue weighted by Crippen LogP contribution is -2.63. The molecule has 0 unspecified atom stereocenters. The summed E-state index contributed by atoms with van der Waals surface area (Å²) in [5.41, 5.74) is -0.450. The molecule has 0 atom stereocenters. The Labute approximate surface area is 158 Å². The number of hydrogen-bond acceptors (Lipinski definition) is 4. The van der Waals surface area contributed by atoms with Crippen LogP contribution in [-0.4, -0.2) is 48.7 Å². The highest BCUT2D eigenvalue weighted by molar-refractivity contribution is 14.0. The van der Waals surface area contributed by atoms with Crippen molar-refractivity contribution in [1.29, 1.82) is 0 Å². The van der Waals surface area contributed by atoms with E-state index in [4.69, 9.17) is 4.74 Å². The Balaban J connectivity index is 0.00000264. The summed E-state index contributed by atoms with van der Waals surface area (Å²) in [6.07, 6.45) is -0.257. The standard InChI is InChI=1S/C15H24N4O2S.HI/c1-15(2,3)21-14(20)19-9-11(10-19)18-13(16-4)17-8-12-6-5-7-22-12;/h5-7,11H,8-10H2,1-4H3,(H2,16,17,18);1H. The number of carbonyl (C=O) groups is 1. The van der Waals surface area contributed by atoms with Gasteiger partial charge in [0, 0.05) is 25.0 Å². The number of nitrogens with one attached hydrogen (secondary N) is 2. The third-order valence-corrected chi connectivity index (χ3v) is 3.98. The van der Waals surface area contributed by atoms with Gasteiger partial charge in [0.1, 0.15) is 5.60 Å². The Bertz CT molecular complexity index is 522. The van der Waals surface area contributed by atoms with E-state index in [-0.39, 0.29) is 36.1 Å². The van der Waals surface area contributed by atoms with Gasteiger partial charge in [-0.3, -0.25) is 4.99 Å². The van der Waals surface area contributed by atoms with E-state index in [0.717, 1.165) is 12.5 Å². The molecule has 1 fully saturated rings. The summed E-state index contributed by atoms with van der Waals surface area (Å²) >= 11 is 1.71. The molecule has 1 saturated heterocycles. The highest BCUT2D eigenvalue weighted by Crippen LogP contribution is 2.15. The molecule has 0 aromatic carbocycles. The van der Waals surface area contributed by atoms with Crippen molar-refractivity contribution in [2.75, 3.05) is 20.1 Å². The van der Waals surface area contributed by atoms with Gasteiger partial charge in [0.05, 0.1) is 12.6 Å². The van der Waals surface area contributed by atoms with Crippen LogP contribution in [0.3, 0.4) is 0 Å². The first kappa shape index (κ1) is 20.0. The second-order valence-corrected chi connectivity index (χ2v) is 7.26. The van der Waals surface area contributed by atoms with Crippen LogP contribution in [-0.2, 0) is 11.3 Å². The van der Waals surface area contributed by atoms with Crippen LogP contribution in [0, 0.1) is 0 Å². The van der Waals surface area contributed by atoms with Crippen molar-refractivity contribution < 1.29 is 9.53 Å². The van der Waals surface area contributed by atoms with Gasteiger partial charge in [-0.15, -0.1) is 35.3 Å². The fourth-order valence-corrected chi connectivity index (χ4v) is 2.66. The Morgan fingerprint density at radius 2 is 2.17 bits per heavy atom. The molecule has 1 aliphatic rings. The maximum Gasteiger partial charge on any atom is 0.410 e. The molecule has 0 spiro atoms. The fraction of sp³-hybridized carbons (Fsp3) is 0.600. The minimum Gasteiger partial charge on any atom is -0.444 e. The quantitative estimate of drug-likeness (QED) is 0.421. The highest BCUT2D eigenvalue weighted by Gasteiger charge is 2.34. The summed E-state index contributed by atoms with van der Waals surface area (Å²) in [4.78, 5) is 19.0. The predicted molar refractivity (Wildman–Crippen MR) is 105 cm³/mol. The minimum atomic E-state index is -0.450. The minimum absolute atomic E-state index is 0. The molecular formula is C15H25IN4O2S. The lowest BCUT2D eigenvalue weighted by Gasteiger charge is -2.40. The van der Waals surface area contributed by atoms with Gasteiger partial charge in [0.25, 0.3) is 0 Å². The smallest absolute Gasteiger partial charge is 0.410 e. The Kier molecular flexibility index (Phi) is 7.59. The van der Waals surface area contributed by atoms with Gasteiger partial charge in [0.2, 0.25) is 0 Å². The number of rotatable bonds is 3. The average Bonchev–Trinajstić information content (AvgIpc) is 2.87. The summed E-state index contributed by atoms with van der Waals surface area (Å²) in [5.74, 6) is 0.752. The van der Waals surface area contributed by atoms with E-state index in [1.807, 2.05) is 26.8 Å². The largest absolute Gasteiger partial charge is 0.444 e. The number of ether oxygens (including phenoxy) is 1. The number of hydrogen-bond donors (Lipinski definition) is 2. The first-order valence-corrected chi connectivity index (χ1v) is 8.23. The molecule has 23 heavy (non-hydrogen) atoms. The van der Waals surface area contributed by atoms with Crippen LogP contribution in [0.25, 0.3) is 0 Å². The van der Waals surface area contributed by atoms with Crippen molar-refractivity contribution in [3.05, 3.63) is 22.4 Å². The molecule has 6 nitrogen and oxygen atoms in total. The van der Waals surface area contributed by atoms with Crippen molar-refractivity contribution in [3.8, 4) is 0 Å². The number of aliphatic imine (C=N–C) groups is 1. The van der Waals surface area contributed by atoms with Crippen LogP contribution >= 0.6 is 35.3 Å². The SMILES string of the molecule is CN=C(NCc1cccs1)NC1CN(C(=O)OC(C)(C)C)C1.I. The van der Waals surface area contributed by atoms with E-state index in [0.29, 0.717) is 13.1 Å². The molecule has 0 saturated carbocycles. The molecule has 0 aliphatic carbocycles. The molecule has 1 aromatic rings. The van der Waals surface area contributed by atoms with Crippen molar-refractivity contribution >= 4 is 47.4 Å². The molecular weight excluding hydrogens is 427 g/mol. The number of likely N-dealkylation sites (tertiary alicyclic amines) is 1. The molecule has 2 heterocycles. The van der Waals surface area contributed by atoms with Crippen LogP contribution in [0.2, 0.25) is 0 Å². The molecule has 1 amide bonds. The van der Waals surface area contributed by atoms with Gasteiger partial charge in [0.15, 0.2) is 5.96 Å². The van der Waals surface area contributed by atoms with E-state index in [9.17, 15) is 4.79 Å². The molecule has 1 aromatic heterocycles. The third-order valence-electron chi connectivity index (χ3n) is 3.11. The summed E-state index contributed by atoms with van der Waals surface area (Å²) in [5, 5.41) is 8.63. The number of thiophene rings is 1. The first-order chi connectivity index (χ1) is 10.4. The maximum absolute atomic E-state index is 11.9. The molecule has 2 N–H and O–H groups in total. The second-order valence-electron chi connectivity index (χ2n) is 6.23. The molecule has 8 heteroatoms. The molecule has 0 radical (unpaired) electrons. The zero-order valence-electron chi connectivity index (χ0n) is 14.0. The van der Waals surface area contributed by atoms with E-state index in [1.165, 1.54) is 4.88 Å². The number of halogens is 1. The lowest BCUT2D eigenvalue weighted by atomic mass is 10.1. The highest BCUT2D eigenvalue weighted by atomic mass is 127. The molecule has 130 valence electrons. The van der Waals surface area contributed by atoms with Crippen molar-refractivity contribution in [3.63, 3.8) is 0 Å². The van der Waals surface area contributed by atoms with Gasteiger partial charge in [-0.25, -0.2) is 4.79 Å². The fourth-order valence-electron chi connectivity index (χ4n) is 2.02. The van der Waals surface area contributed by atoms with Gasteiger partial charge in [-0.05, 0) is 32.2 Å². The topological polar surface area (TPSA) is 66.0 Å². The van der Waals surface area contributed by atoms with Crippen molar-refractivity contribution in [1.82, 2.24) is 15.5 Å². The Morgan fingerprint density at radius 1 is 1.48 bits per heavy atom. The van der Waals surface area contributed by atoms with E-state index < -0.39 is 5.60 Å². The zero-order valence-corrected chi connectivity index (χ0v) is 17.1. The average molecular weight is 452 g/mol. The summed E-state index contributed by atoms with van der Waals surface area (Å²) in [6, 6.07) is 4.32. The Morgan fingerprint density at radius 3 is 2.70 bits per heavy atom. The predicted octanol–water partition coefficient (Wildman–Crippen LogP) is 2.65. The van der Waals surface area contributed by atoms with Crippen molar-refractivity contribution in [2.45, 2.75) is 39.0 Å². The van der Waals surface area contributed by atoms with E-state index in [2.05, 4.69) is 27.1 Å². The number of carbonyl (C=O) groups excluding carboxylic acids is 1. The van der Waals surface area contributed by atoms with Gasteiger partial charge < -0.3 is 20.3 Å². The summed E-state index contributed by atoms with van der Waals surface area (Å²) < 4.78 is 5.33. The lowest BCUT2D eigenvalue weighted by molar-refractivity contribution is 0.00701.